The first-order valence-electron chi connectivity index (χ1n) is 7.28. The smallest absolute Gasteiger partial charge is 0.221 e. The highest BCUT2D eigenvalue weighted by Crippen LogP contribution is 2.16. The van der Waals surface area contributed by atoms with Crippen LogP contribution in [0.3, 0.4) is 0 Å². The third kappa shape index (κ3) is 5.63. The summed E-state index contributed by atoms with van der Waals surface area (Å²) in [7, 11) is 0. The number of nitrogens with one attached hydrogen (secondary N) is 1. The molecule has 1 atom stereocenters. The molecule has 0 saturated carbocycles. The van der Waals surface area contributed by atoms with E-state index in [0.29, 0.717) is 17.7 Å². The van der Waals surface area contributed by atoms with Crippen molar-refractivity contribution in [2.24, 2.45) is 0 Å². The van der Waals surface area contributed by atoms with Crippen LogP contribution in [0.25, 0.3) is 0 Å². The zero-order valence-electron chi connectivity index (χ0n) is 12.8. The van der Waals surface area contributed by atoms with Crippen LogP contribution < -0.4 is 5.32 Å². The average Bonchev–Trinajstić information content (AvgIpc) is 2.55. The van der Waals surface area contributed by atoms with E-state index in [4.69, 9.17) is 0 Å². The number of rotatable bonds is 7. The lowest BCUT2D eigenvalue weighted by atomic mass is 10.1. The molecule has 0 bridgehead atoms. The highest BCUT2D eigenvalue weighted by molar-refractivity contribution is 7.98. The average molecular weight is 336 g/mol. The number of benzene rings is 1. The number of carbonyl (C=O) groups is 1. The van der Waals surface area contributed by atoms with Crippen LogP contribution in [0.15, 0.2) is 42.6 Å². The SMILES string of the molecule is C[C@H](NC(=O)CCSCc1ccccn1)c1ccc(F)c(F)c1. The van der Waals surface area contributed by atoms with Crippen LogP contribution in [0.4, 0.5) is 8.78 Å². The van der Waals surface area contributed by atoms with Crippen molar-refractivity contribution in [1.82, 2.24) is 10.3 Å². The van der Waals surface area contributed by atoms with Crippen molar-refractivity contribution in [3.63, 3.8) is 0 Å². The monoisotopic (exact) mass is 336 g/mol. The topological polar surface area (TPSA) is 42.0 Å². The van der Waals surface area contributed by atoms with Gasteiger partial charge in [-0.2, -0.15) is 11.8 Å². The van der Waals surface area contributed by atoms with Crippen LogP contribution in [0, 0.1) is 11.6 Å². The van der Waals surface area contributed by atoms with Gasteiger partial charge in [0.2, 0.25) is 5.91 Å². The van der Waals surface area contributed by atoms with E-state index in [1.165, 1.54) is 6.07 Å². The van der Waals surface area contributed by atoms with Gasteiger partial charge >= 0.3 is 0 Å². The predicted octanol–water partition coefficient (Wildman–Crippen LogP) is 3.86. The van der Waals surface area contributed by atoms with Gasteiger partial charge in [0.1, 0.15) is 0 Å². The molecule has 1 aromatic heterocycles. The maximum Gasteiger partial charge on any atom is 0.221 e. The molecular weight excluding hydrogens is 318 g/mol. The van der Waals surface area contributed by atoms with Crippen LogP contribution in [-0.4, -0.2) is 16.6 Å². The fourth-order valence-electron chi connectivity index (χ4n) is 2.00. The fraction of sp³-hybridized carbons (Fsp3) is 0.294. The molecule has 0 radical (unpaired) electrons. The van der Waals surface area contributed by atoms with E-state index < -0.39 is 11.6 Å². The van der Waals surface area contributed by atoms with Crippen molar-refractivity contribution in [1.29, 1.82) is 0 Å². The van der Waals surface area contributed by atoms with Gasteiger partial charge in [-0.15, -0.1) is 0 Å². The van der Waals surface area contributed by atoms with Crippen molar-refractivity contribution in [3.8, 4) is 0 Å². The number of aromatic nitrogens is 1. The molecule has 1 amide bonds. The fourth-order valence-corrected chi connectivity index (χ4v) is 2.86. The van der Waals surface area contributed by atoms with E-state index in [0.717, 1.165) is 23.6 Å². The second-order valence-electron chi connectivity index (χ2n) is 5.09. The van der Waals surface area contributed by atoms with Crippen LogP contribution >= 0.6 is 11.8 Å². The molecule has 0 saturated heterocycles. The number of carbonyl (C=O) groups excluding carboxylic acids is 1. The summed E-state index contributed by atoms with van der Waals surface area (Å²) < 4.78 is 26.1. The molecule has 0 aliphatic heterocycles. The van der Waals surface area contributed by atoms with Crippen molar-refractivity contribution in [2.45, 2.75) is 25.1 Å². The first-order chi connectivity index (χ1) is 11.1. The molecule has 122 valence electrons. The van der Waals surface area contributed by atoms with Crippen LogP contribution in [-0.2, 0) is 10.5 Å². The number of halogens is 2. The van der Waals surface area contributed by atoms with E-state index >= 15 is 0 Å². The maximum atomic E-state index is 13.2. The quantitative estimate of drug-likeness (QED) is 0.781. The normalized spacial score (nSPS) is 12.0. The lowest BCUT2D eigenvalue weighted by Gasteiger charge is -2.14. The number of thioether (sulfide) groups is 1. The molecule has 0 unspecified atom stereocenters. The maximum absolute atomic E-state index is 13.2. The largest absolute Gasteiger partial charge is 0.350 e. The molecular formula is C17H18F2N2OS. The highest BCUT2D eigenvalue weighted by atomic mass is 32.2. The molecule has 0 aliphatic carbocycles. The van der Waals surface area contributed by atoms with Gasteiger partial charge in [-0.3, -0.25) is 9.78 Å². The van der Waals surface area contributed by atoms with Gasteiger partial charge < -0.3 is 5.32 Å². The molecule has 1 aromatic carbocycles. The number of hydrogen-bond acceptors (Lipinski definition) is 3. The summed E-state index contributed by atoms with van der Waals surface area (Å²) in [6.07, 6.45) is 2.11. The molecule has 2 aromatic rings. The van der Waals surface area contributed by atoms with Gasteiger partial charge in [-0.1, -0.05) is 12.1 Å². The van der Waals surface area contributed by atoms with Crippen molar-refractivity contribution in [2.75, 3.05) is 5.75 Å². The van der Waals surface area contributed by atoms with E-state index in [1.807, 2.05) is 18.2 Å². The van der Waals surface area contributed by atoms with E-state index in [1.54, 1.807) is 24.9 Å². The minimum Gasteiger partial charge on any atom is -0.350 e. The number of amides is 1. The standard InChI is InChI=1S/C17H18F2N2OS/c1-12(13-5-6-15(18)16(19)10-13)21-17(22)7-9-23-11-14-4-2-3-8-20-14/h2-6,8,10,12H,7,9,11H2,1H3,(H,21,22)/t12-/m0/s1. The molecule has 1 heterocycles. The Labute approximate surface area is 138 Å². The molecule has 3 nitrogen and oxygen atoms in total. The van der Waals surface area contributed by atoms with E-state index in [2.05, 4.69) is 10.3 Å². The summed E-state index contributed by atoms with van der Waals surface area (Å²) in [5.74, 6) is -0.483. The van der Waals surface area contributed by atoms with Crippen LogP contribution in [0.5, 0.6) is 0 Å². The summed E-state index contributed by atoms with van der Waals surface area (Å²) >= 11 is 1.63. The lowest BCUT2D eigenvalue weighted by molar-refractivity contribution is -0.121. The Bertz CT molecular complexity index is 652. The minimum atomic E-state index is -0.908. The van der Waals surface area contributed by atoms with E-state index in [-0.39, 0.29) is 11.9 Å². The second-order valence-corrected chi connectivity index (χ2v) is 6.19. The lowest BCUT2D eigenvalue weighted by Crippen LogP contribution is -2.27. The first-order valence-corrected chi connectivity index (χ1v) is 8.43. The Hall–Kier alpha value is -1.95. The Morgan fingerprint density at radius 3 is 2.78 bits per heavy atom. The molecule has 0 spiro atoms. The number of hydrogen-bond donors (Lipinski definition) is 1. The summed E-state index contributed by atoms with van der Waals surface area (Å²) in [6.45, 7) is 1.74. The van der Waals surface area contributed by atoms with Gasteiger partial charge in [-0.05, 0) is 36.8 Å². The summed E-state index contributed by atoms with van der Waals surface area (Å²) in [5, 5.41) is 2.78. The number of nitrogens with zero attached hydrogens (tertiary/aromatic N) is 1. The van der Waals surface area contributed by atoms with Gasteiger partial charge in [0.25, 0.3) is 0 Å². The molecule has 0 fully saturated rings. The van der Waals surface area contributed by atoms with Crippen LogP contribution in [0.2, 0.25) is 0 Å². The third-order valence-electron chi connectivity index (χ3n) is 3.27. The van der Waals surface area contributed by atoms with Gasteiger partial charge in [-0.25, -0.2) is 8.78 Å². The molecule has 2 rings (SSSR count). The van der Waals surface area contributed by atoms with Gasteiger partial charge in [0.15, 0.2) is 11.6 Å². The summed E-state index contributed by atoms with van der Waals surface area (Å²) in [6, 6.07) is 9.02. The first kappa shape index (κ1) is 17.4. The molecule has 1 N–H and O–H groups in total. The van der Waals surface area contributed by atoms with Crippen molar-refractivity contribution >= 4 is 17.7 Å². The molecule has 23 heavy (non-hydrogen) atoms. The minimum absolute atomic E-state index is 0.115. The Morgan fingerprint density at radius 2 is 2.09 bits per heavy atom. The predicted molar refractivity (Wildman–Crippen MR) is 87.9 cm³/mol. The summed E-state index contributed by atoms with van der Waals surface area (Å²) in [4.78, 5) is 16.1. The summed E-state index contributed by atoms with van der Waals surface area (Å²) in [5.41, 5.74) is 1.52. The van der Waals surface area contributed by atoms with Crippen LogP contribution in [0.1, 0.15) is 30.6 Å². The molecule has 0 aliphatic rings. The van der Waals surface area contributed by atoms with Crippen molar-refractivity contribution < 1.29 is 13.6 Å². The van der Waals surface area contributed by atoms with Crippen molar-refractivity contribution in [3.05, 3.63) is 65.5 Å². The number of pyridine rings is 1. The third-order valence-corrected chi connectivity index (χ3v) is 4.26. The Kier molecular flexibility index (Phi) is 6.52. The zero-order chi connectivity index (χ0) is 16.7. The Balaban J connectivity index is 1.72. The van der Waals surface area contributed by atoms with E-state index in [9.17, 15) is 13.6 Å². The molecule has 6 heteroatoms. The van der Waals surface area contributed by atoms with Gasteiger partial charge in [0.05, 0.1) is 11.7 Å². The van der Waals surface area contributed by atoms with Gasteiger partial charge in [0, 0.05) is 24.1 Å². The second kappa shape index (κ2) is 8.62. The Morgan fingerprint density at radius 1 is 1.26 bits per heavy atom. The highest BCUT2D eigenvalue weighted by Gasteiger charge is 2.12. The zero-order valence-corrected chi connectivity index (χ0v) is 13.6.